The molecule has 0 spiro atoms. The second kappa shape index (κ2) is 5.80. The lowest BCUT2D eigenvalue weighted by Gasteiger charge is -2.08. The average molecular weight is 352 g/mol. The number of aromatic nitrogens is 6. The molecule has 132 valence electrons. The van der Waals surface area contributed by atoms with Crippen LogP contribution < -0.4 is 5.56 Å². The Morgan fingerprint density at radius 2 is 1.96 bits per heavy atom. The van der Waals surface area contributed by atoms with E-state index in [0.29, 0.717) is 33.8 Å². The highest BCUT2D eigenvalue weighted by atomic mass is 16.5. The zero-order valence-electron chi connectivity index (χ0n) is 14.5. The van der Waals surface area contributed by atoms with Crippen molar-refractivity contribution in [2.75, 3.05) is 0 Å². The maximum absolute atomic E-state index is 12.4. The van der Waals surface area contributed by atoms with E-state index in [-0.39, 0.29) is 12.2 Å². The molecule has 26 heavy (non-hydrogen) atoms. The van der Waals surface area contributed by atoms with E-state index in [1.807, 2.05) is 12.1 Å². The van der Waals surface area contributed by atoms with Gasteiger partial charge in [0.05, 0.1) is 17.1 Å². The molecule has 4 rings (SSSR count). The van der Waals surface area contributed by atoms with E-state index in [1.165, 1.54) is 10.8 Å². The van der Waals surface area contributed by atoms with Gasteiger partial charge in [0.15, 0.2) is 12.4 Å². The van der Waals surface area contributed by atoms with Crippen LogP contribution >= 0.6 is 0 Å². The molecular formula is C17H16N6O3. The molecular weight excluding hydrogens is 336 g/mol. The van der Waals surface area contributed by atoms with Gasteiger partial charge in [-0.15, -0.1) is 10.2 Å². The van der Waals surface area contributed by atoms with Crippen LogP contribution in [0.3, 0.4) is 0 Å². The molecule has 1 aromatic carbocycles. The van der Waals surface area contributed by atoms with Crippen molar-refractivity contribution in [3.8, 4) is 0 Å². The van der Waals surface area contributed by atoms with Crippen LogP contribution in [0.5, 0.6) is 0 Å². The number of hydrogen-bond acceptors (Lipinski definition) is 6. The number of fused-ring (bicyclic) bond motifs is 3. The summed E-state index contributed by atoms with van der Waals surface area (Å²) in [6.45, 7) is 1.72. The molecule has 0 bridgehead atoms. The standard InChI is InChI=1S/C17H16N6O3/c1-10-12(8-18-22(10)3)16(25)26-9-14-19-20-17-21(2)15(24)11-6-4-5-7-13(11)23(14)17/h4-8H,9H2,1-3H3. The zero-order chi connectivity index (χ0) is 18.4. The lowest BCUT2D eigenvalue weighted by molar-refractivity contribution is 0.0460. The maximum atomic E-state index is 12.4. The van der Waals surface area contributed by atoms with Crippen LogP contribution in [0.2, 0.25) is 0 Å². The summed E-state index contributed by atoms with van der Waals surface area (Å²) in [6, 6.07) is 7.18. The van der Waals surface area contributed by atoms with Crippen molar-refractivity contribution < 1.29 is 9.53 Å². The first-order valence-corrected chi connectivity index (χ1v) is 7.96. The largest absolute Gasteiger partial charge is 0.454 e. The Kier molecular flexibility index (Phi) is 3.57. The number of nitrogens with zero attached hydrogens (tertiary/aromatic N) is 6. The Hall–Kier alpha value is -3.49. The smallest absolute Gasteiger partial charge is 0.342 e. The van der Waals surface area contributed by atoms with Gasteiger partial charge in [-0.25, -0.2) is 4.79 Å². The van der Waals surface area contributed by atoms with Gasteiger partial charge in [0.2, 0.25) is 5.78 Å². The SMILES string of the molecule is Cc1c(C(=O)OCc2nnc3n(C)c(=O)c4ccccc4n23)cnn1C. The Labute approximate surface area is 147 Å². The molecule has 0 radical (unpaired) electrons. The molecule has 0 aliphatic heterocycles. The third-order valence-electron chi connectivity index (χ3n) is 4.48. The topological polar surface area (TPSA) is 96.3 Å². The molecule has 0 aliphatic carbocycles. The van der Waals surface area contributed by atoms with Crippen molar-refractivity contribution in [3.05, 3.63) is 57.9 Å². The predicted octanol–water partition coefficient (Wildman–Crippen LogP) is 0.980. The van der Waals surface area contributed by atoms with E-state index in [2.05, 4.69) is 15.3 Å². The van der Waals surface area contributed by atoms with Crippen LogP contribution in [0.1, 0.15) is 21.9 Å². The summed E-state index contributed by atoms with van der Waals surface area (Å²) >= 11 is 0. The van der Waals surface area contributed by atoms with Crippen molar-refractivity contribution in [1.29, 1.82) is 0 Å². The maximum Gasteiger partial charge on any atom is 0.342 e. The van der Waals surface area contributed by atoms with Gasteiger partial charge in [0.1, 0.15) is 5.56 Å². The van der Waals surface area contributed by atoms with E-state index in [9.17, 15) is 9.59 Å². The summed E-state index contributed by atoms with van der Waals surface area (Å²) < 4.78 is 10.1. The van der Waals surface area contributed by atoms with Crippen molar-refractivity contribution in [1.82, 2.24) is 28.9 Å². The number of hydrogen-bond donors (Lipinski definition) is 0. The number of para-hydroxylation sites is 1. The summed E-state index contributed by atoms with van der Waals surface area (Å²) in [5.41, 5.74) is 1.63. The number of rotatable bonds is 3. The van der Waals surface area contributed by atoms with Crippen LogP contribution in [-0.4, -0.2) is 34.9 Å². The van der Waals surface area contributed by atoms with Crippen molar-refractivity contribution in [2.45, 2.75) is 13.5 Å². The lowest BCUT2D eigenvalue weighted by Crippen LogP contribution is -2.20. The molecule has 0 amide bonds. The highest BCUT2D eigenvalue weighted by Crippen LogP contribution is 2.15. The Morgan fingerprint density at radius 3 is 2.69 bits per heavy atom. The minimum Gasteiger partial charge on any atom is -0.454 e. The van der Waals surface area contributed by atoms with Crippen LogP contribution in [0, 0.1) is 6.92 Å². The van der Waals surface area contributed by atoms with Crippen LogP contribution in [0.25, 0.3) is 16.7 Å². The third-order valence-corrected chi connectivity index (χ3v) is 4.48. The van der Waals surface area contributed by atoms with E-state index < -0.39 is 5.97 Å². The second-order valence-electron chi connectivity index (χ2n) is 5.98. The lowest BCUT2D eigenvalue weighted by atomic mass is 10.2. The van der Waals surface area contributed by atoms with Gasteiger partial charge in [-0.1, -0.05) is 12.1 Å². The minimum absolute atomic E-state index is 0.0729. The minimum atomic E-state index is -0.485. The van der Waals surface area contributed by atoms with Gasteiger partial charge < -0.3 is 4.74 Å². The number of carbonyl (C=O) groups excluding carboxylic acids is 1. The van der Waals surface area contributed by atoms with E-state index in [1.54, 1.807) is 42.2 Å². The second-order valence-corrected chi connectivity index (χ2v) is 5.98. The van der Waals surface area contributed by atoms with E-state index in [0.717, 1.165) is 0 Å². The third kappa shape index (κ3) is 2.28. The number of benzene rings is 1. The molecule has 0 N–H and O–H groups in total. The predicted molar refractivity (Wildman–Crippen MR) is 92.8 cm³/mol. The molecule has 9 heteroatoms. The van der Waals surface area contributed by atoms with Gasteiger partial charge in [-0.3, -0.25) is 18.4 Å². The van der Waals surface area contributed by atoms with Gasteiger partial charge in [-0.2, -0.15) is 5.10 Å². The number of carbonyl (C=O) groups is 1. The number of esters is 1. The Bertz CT molecular complexity index is 1220. The first-order chi connectivity index (χ1) is 12.5. The summed E-state index contributed by atoms with van der Waals surface area (Å²) in [4.78, 5) is 24.7. The molecule has 0 atom stereocenters. The van der Waals surface area contributed by atoms with Crippen LogP contribution in [-0.2, 0) is 25.4 Å². The molecule has 4 aromatic rings. The van der Waals surface area contributed by atoms with Crippen LogP contribution in [0.4, 0.5) is 0 Å². The molecule has 0 saturated carbocycles. The molecule has 3 aromatic heterocycles. The van der Waals surface area contributed by atoms with E-state index in [4.69, 9.17) is 4.74 Å². The fraction of sp³-hybridized carbons (Fsp3) is 0.235. The molecule has 0 fully saturated rings. The highest BCUT2D eigenvalue weighted by molar-refractivity contribution is 5.90. The van der Waals surface area contributed by atoms with Crippen molar-refractivity contribution in [3.63, 3.8) is 0 Å². The van der Waals surface area contributed by atoms with Gasteiger partial charge >= 0.3 is 5.97 Å². The quantitative estimate of drug-likeness (QED) is 0.510. The molecule has 3 heterocycles. The molecule has 0 unspecified atom stereocenters. The summed E-state index contributed by atoms with van der Waals surface area (Å²) in [5.74, 6) is 0.334. The first-order valence-electron chi connectivity index (χ1n) is 7.96. The zero-order valence-corrected chi connectivity index (χ0v) is 14.5. The number of aryl methyl sites for hydroxylation is 2. The number of ether oxygens (including phenoxy) is 1. The summed E-state index contributed by atoms with van der Waals surface area (Å²) in [5, 5.41) is 12.7. The van der Waals surface area contributed by atoms with Gasteiger partial charge in [0, 0.05) is 19.8 Å². The van der Waals surface area contributed by atoms with Gasteiger partial charge in [-0.05, 0) is 19.1 Å². The van der Waals surface area contributed by atoms with Crippen LogP contribution in [0.15, 0.2) is 35.3 Å². The molecule has 0 aliphatic rings. The Morgan fingerprint density at radius 1 is 1.19 bits per heavy atom. The summed E-state index contributed by atoms with van der Waals surface area (Å²) in [6.07, 6.45) is 1.47. The normalized spacial score (nSPS) is 11.3. The first kappa shape index (κ1) is 16.0. The fourth-order valence-corrected chi connectivity index (χ4v) is 2.89. The average Bonchev–Trinajstić information content (AvgIpc) is 3.22. The highest BCUT2D eigenvalue weighted by Gasteiger charge is 2.18. The molecule has 9 nitrogen and oxygen atoms in total. The Balaban J connectivity index is 1.75. The van der Waals surface area contributed by atoms with Gasteiger partial charge in [0.25, 0.3) is 5.56 Å². The van der Waals surface area contributed by atoms with E-state index >= 15 is 0 Å². The molecule has 0 saturated heterocycles. The van der Waals surface area contributed by atoms with Crippen molar-refractivity contribution in [2.24, 2.45) is 14.1 Å². The fourth-order valence-electron chi connectivity index (χ4n) is 2.89. The van der Waals surface area contributed by atoms with Crippen molar-refractivity contribution >= 4 is 22.6 Å². The monoisotopic (exact) mass is 352 g/mol. The summed E-state index contributed by atoms with van der Waals surface area (Å²) in [7, 11) is 3.39.